The van der Waals surface area contributed by atoms with E-state index in [1.165, 1.54) is 0 Å². The van der Waals surface area contributed by atoms with Crippen molar-refractivity contribution in [1.82, 2.24) is 0 Å². The Morgan fingerprint density at radius 2 is 2.12 bits per heavy atom. The molecule has 0 fully saturated rings. The van der Waals surface area contributed by atoms with Crippen LogP contribution in [0.2, 0.25) is 0 Å². The Morgan fingerprint density at radius 3 is 2.75 bits per heavy atom. The Bertz CT molecular complexity index is 400. The number of nitrogens with one attached hydrogen (secondary N) is 1. The van der Waals surface area contributed by atoms with E-state index in [1.807, 2.05) is 13.8 Å². The molecule has 4 nitrogen and oxygen atoms in total. The van der Waals surface area contributed by atoms with Gasteiger partial charge in [0.15, 0.2) is 0 Å². The number of benzene rings is 1. The van der Waals surface area contributed by atoms with E-state index in [0.29, 0.717) is 5.69 Å². The molecular weight excluding hydrogens is 204 g/mol. The van der Waals surface area contributed by atoms with Crippen LogP contribution >= 0.6 is 0 Å². The lowest BCUT2D eigenvalue weighted by molar-refractivity contribution is 0.0698. The van der Waals surface area contributed by atoms with Crippen LogP contribution in [0.4, 0.5) is 5.69 Å². The predicted molar refractivity (Wildman–Crippen MR) is 65.3 cm³/mol. The fraction of sp³-hybridized carbons (Fsp3) is 0.333. The molecule has 16 heavy (non-hydrogen) atoms. The summed E-state index contributed by atoms with van der Waals surface area (Å²) in [7, 11) is 0. The van der Waals surface area contributed by atoms with Crippen molar-refractivity contribution in [1.29, 1.82) is 0 Å². The van der Waals surface area contributed by atoms with Crippen LogP contribution in [0.1, 0.15) is 30.6 Å². The second-order valence-electron chi connectivity index (χ2n) is 3.44. The van der Waals surface area contributed by atoms with Crippen molar-refractivity contribution < 1.29 is 9.90 Å². The van der Waals surface area contributed by atoms with Gasteiger partial charge in [-0.05, 0) is 25.5 Å². The van der Waals surface area contributed by atoms with E-state index >= 15 is 0 Å². The van der Waals surface area contributed by atoms with Gasteiger partial charge in [0.05, 0.1) is 17.1 Å². The number of carbonyl (C=O) groups is 1. The van der Waals surface area contributed by atoms with Crippen molar-refractivity contribution in [2.45, 2.75) is 20.3 Å². The minimum absolute atomic E-state index is 0.258. The molecule has 0 aliphatic heterocycles. The van der Waals surface area contributed by atoms with Crippen molar-refractivity contribution in [3.63, 3.8) is 0 Å². The van der Waals surface area contributed by atoms with Crippen LogP contribution in [0, 0.1) is 0 Å². The number of carboxylic acids is 1. The number of para-hydroxylation sites is 1. The van der Waals surface area contributed by atoms with Crippen LogP contribution in [0.5, 0.6) is 0 Å². The molecule has 0 aliphatic carbocycles. The highest BCUT2D eigenvalue weighted by molar-refractivity contribution is 6.01. The third-order valence-electron chi connectivity index (χ3n) is 2.05. The van der Waals surface area contributed by atoms with Crippen molar-refractivity contribution in [3.8, 4) is 0 Å². The quantitative estimate of drug-likeness (QED) is 0.605. The number of rotatable bonds is 4. The first-order chi connectivity index (χ1) is 7.65. The molecule has 2 N–H and O–H groups in total. The largest absolute Gasteiger partial charge is 0.478 e. The summed E-state index contributed by atoms with van der Waals surface area (Å²) in [5.74, 6) is -0.207. The van der Waals surface area contributed by atoms with E-state index in [0.717, 1.165) is 18.8 Å². The fourth-order valence-corrected chi connectivity index (χ4v) is 1.29. The summed E-state index contributed by atoms with van der Waals surface area (Å²) in [5, 5.41) is 12.0. The zero-order chi connectivity index (χ0) is 12.0. The average Bonchev–Trinajstić information content (AvgIpc) is 2.27. The summed E-state index contributed by atoms with van der Waals surface area (Å²) in [4.78, 5) is 15.2. The van der Waals surface area contributed by atoms with Crippen LogP contribution in [-0.4, -0.2) is 23.5 Å². The average molecular weight is 220 g/mol. The molecule has 0 radical (unpaired) electrons. The third-order valence-corrected chi connectivity index (χ3v) is 2.05. The molecule has 1 rings (SSSR count). The molecule has 1 aromatic carbocycles. The van der Waals surface area contributed by atoms with Crippen LogP contribution in [0.3, 0.4) is 0 Å². The Hall–Kier alpha value is -1.84. The van der Waals surface area contributed by atoms with E-state index in [9.17, 15) is 4.79 Å². The second-order valence-corrected chi connectivity index (χ2v) is 3.44. The number of hydrogen-bond acceptors (Lipinski definition) is 2. The molecule has 0 heterocycles. The van der Waals surface area contributed by atoms with Gasteiger partial charge in [0.2, 0.25) is 0 Å². The number of hydrogen-bond donors (Lipinski definition) is 2. The normalized spacial score (nSPS) is 11.2. The smallest absolute Gasteiger partial charge is 0.337 e. The molecule has 0 amide bonds. The molecule has 0 saturated carbocycles. The van der Waals surface area contributed by atoms with E-state index in [4.69, 9.17) is 5.11 Å². The minimum atomic E-state index is -0.939. The second kappa shape index (κ2) is 5.90. The molecule has 0 spiro atoms. The van der Waals surface area contributed by atoms with Gasteiger partial charge < -0.3 is 10.4 Å². The van der Waals surface area contributed by atoms with Crippen LogP contribution in [-0.2, 0) is 0 Å². The Labute approximate surface area is 95.0 Å². The maximum atomic E-state index is 10.9. The highest BCUT2D eigenvalue weighted by Gasteiger charge is 2.08. The first-order valence-corrected chi connectivity index (χ1v) is 5.25. The summed E-state index contributed by atoms with van der Waals surface area (Å²) in [5.41, 5.74) is 0.834. The monoisotopic (exact) mass is 220 g/mol. The summed E-state index contributed by atoms with van der Waals surface area (Å²) in [6, 6.07) is 6.79. The molecule has 0 unspecified atom stereocenters. The summed E-state index contributed by atoms with van der Waals surface area (Å²) < 4.78 is 0. The molecule has 86 valence electrons. The number of carboxylic acid groups (broad SMARTS) is 1. The lowest BCUT2D eigenvalue weighted by Gasteiger charge is -2.08. The van der Waals surface area contributed by atoms with Gasteiger partial charge in [-0.15, -0.1) is 0 Å². The molecule has 0 atom stereocenters. The first-order valence-electron chi connectivity index (χ1n) is 5.25. The van der Waals surface area contributed by atoms with Crippen molar-refractivity contribution in [2.75, 3.05) is 11.9 Å². The predicted octanol–water partition coefficient (Wildman–Crippen LogP) is 2.63. The molecule has 0 saturated heterocycles. The van der Waals surface area contributed by atoms with Crippen LogP contribution < -0.4 is 5.32 Å². The molecule has 1 aromatic rings. The maximum absolute atomic E-state index is 10.9. The highest BCUT2D eigenvalue weighted by Crippen LogP contribution is 2.14. The van der Waals surface area contributed by atoms with Gasteiger partial charge in [0.25, 0.3) is 0 Å². The summed E-state index contributed by atoms with van der Waals surface area (Å²) in [6.45, 7) is 4.62. The summed E-state index contributed by atoms with van der Waals surface area (Å²) >= 11 is 0. The molecular formula is C12H16N2O2. The van der Waals surface area contributed by atoms with E-state index < -0.39 is 5.97 Å². The van der Waals surface area contributed by atoms with Gasteiger partial charge in [-0.1, -0.05) is 19.1 Å². The van der Waals surface area contributed by atoms with Crippen molar-refractivity contribution in [2.24, 2.45) is 4.99 Å². The first kappa shape index (κ1) is 12.2. The maximum Gasteiger partial charge on any atom is 0.337 e. The number of anilines is 1. The zero-order valence-corrected chi connectivity index (χ0v) is 9.53. The van der Waals surface area contributed by atoms with E-state index in [1.54, 1.807) is 24.3 Å². The number of aromatic carboxylic acids is 1. The van der Waals surface area contributed by atoms with Gasteiger partial charge in [-0.3, -0.25) is 4.99 Å². The van der Waals surface area contributed by atoms with Gasteiger partial charge in [0.1, 0.15) is 0 Å². The lowest BCUT2D eigenvalue weighted by atomic mass is 10.2. The van der Waals surface area contributed by atoms with Crippen LogP contribution in [0.25, 0.3) is 0 Å². The van der Waals surface area contributed by atoms with Gasteiger partial charge >= 0.3 is 5.97 Å². The molecule has 0 bridgehead atoms. The molecule has 4 heteroatoms. The molecule has 0 aliphatic rings. The minimum Gasteiger partial charge on any atom is -0.478 e. The van der Waals surface area contributed by atoms with Crippen molar-refractivity contribution >= 4 is 17.5 Å². The van der Waals surface area contributed by atoms with E-state index in [-0.39, 0.29) is 5.56 Å². The fourth-order valence-electron chi connectivity index (χ4n) is 1.29. The number of amidine groups is 1. The Kier molecular flexibility index (Phi) is 4.51. The van der Waals surface area contributed by atoms with Crippen LogP contribution in [0.15, 0.2) is 29.3 Å². The SMILES string of the molecule is CCCN=C(C)Nc1ccccc1C(=O)O. The van der Waals surface area contributed by atoms with Crippen molar-refractivity contribution in [3.05, 3.63) is 29.8 Å². The Morgan fingerprint density at radius 1 is 1.44 bits per heavy atom. The van der Waals surface area contributed by atoms with Gasteiger partial charge in [0, 0.05) is 6.54 Å². The number of nitrogens with zero attached hydrogens (tertiary/aromatic N) is 1. The van der Waals surface area contributed by atoms with Gasteiger partial charge in [-0.25, -0.2) is 4.79 Å². The topological polar surface area (TPSA) is 61.7 Å². The Balaban J connectivity index is 2.84. The zero-order valence-electron chi connectivity index (χ0n) is 9.53. The van der Waals surface area contributed by atoms with E-state index in [2.05, 4.69) is 10.3 Å². The molecule has 0 aromatic heterocycles. The lowest BCUT2D eigenvalue weighted by Crippen LogP contribution is -2.11. The third kappa shape index (κ3) is 3.38. The highest BCUT2D eigenvalue weighted by atomic mass is 16.4. The summed E-state index contributed by atoms with van der Waals surface area (Å²) in [6.07, 6.45) is 0.972. The van der Waals surface area contributed by atoms with Gasteiger partial charge in [-0.2, -0.15) is 0 Å². The number of aliphatic imine (C=N–C) groups is 1. The standard InChI is InChI=1S/C12H16N2O2/c1-3-8-13-9(2)14-11-7-5-4-6-10(11)12(15)16/h4-7H,3,8H2,1-2H3,(H,13,14)(H,15,16).